The molecule has 0 spiro atoms. The first-order chi connectivity index (χ1) is 14.8. The minimum absolute atomic E-state index is 0.612. The van der Waals surface area contributed by atoms with Crippen molar-refractivity contribution in [2.45, 2.75) is 45.6 Å². The molecule has 0 amide bonds. The second-order valence-corrected chi connectivity index (χ2v) is 9.29. The predicted molar refractivity (Wildman–Crippen MR) is 128 cm³/mol. The quantitative estimate of drug-likeness (QED) is 0.803. The van der Waals surface area contributed by atoms with Crippen molar-refractivity contribution in [3.05, 3.63) is 47.4 Å². The normalized spacial score (nSPS) is 21.9. The molecule has 3 aliphatic rings. The Morgan fingerprint density at radius 1 is 1.13 bits per heavy atom. The van der Waals surface area contributed by atoms with Crippen LogP contribution in [0.5, 0.6) is 0 Å². The van der Waals surface area contributed by atoms with Gasteiger partial charge in [-0.3, -0.25) is 4.98 Å². The van der Waals surface area contributed by atoms with Crippen LogP contribution in [-0.4, -0.2) is 83.8 Å². The van der Waals surface area contributed by atoms with Gasteiger partial charge in [0.15, 0.2) is 5.82 Å². The summed E-state index contributed by atoms with van der Waals surface area (Å²) in [4.78, 5) is 19.2. The molecule has 0 unspecified atom stereocenters. The molecule has 168 valence electrons. The van der Waals surface area contributed by atoms with Crippen LogP contribution in [0.4, 0.5) is 5.69 Å². The number of nitrogens with one attached hydrogen (secondary N) is 1. The first-order valence-electron chi connectivity index (χ1n) is 11.4. The summed E-state index contributed by atoms with van der Waals surface area (Å²) in [7, 11) is 6.55. The molecule has 1 aromatic heterocycles. The van der Waals surface area contributed by atoms with Gasteiger partial charge in [0.25, 0.3) is 0 Å². The highest BCUT2D eigenvalue weighted by molar-refractivity contribution is 5.85. The molecular weight excluding hydrogens is 386 g/mol. The Hall–Kier alpha value is -2.54. The summed E-state index contributed by atoms with van der Waals surface area (Å²) < 4.78 is 0. The van der Waals surface area contributed by atoms with Crippen LogP contribution in [0.15, 0.2) is 41.0 Å². The highest BCUT2D eigenvalue weighted by atomic mass is 15.4. The number of allylic oxidation sites excluding steroid dienone is 1. The van der Waals surface area contributed by atoms with Crippen LogP contribution in [0.2, 0.25) is 0 Å². The van der Waals surface area contributed by atoms with Gasteiger partial charge in [0.2, 0.25) is 0 Å². The van der Waals surface area contributed by atoms with Crippen LogP contribution in [-0.2, 0) is 0 Å². The summed E-state index contributed by atoms with van der Waals surface area (Å²) >= 11 is 0. The fraction of sp³-hybridized carbons (Fsp3) is 0.583. The number of aryl methyl sites for hydroxylation is 2. The number of rotatable bonds is 4. The Bertz CT molecular complexity index is 881. The minimum atomic E-state index is 0.612. The Balaban J connectivity index is 1.59. The first-order valence-corrected chi connectivity index (χ1v) is 11.4. The maximum absolute atomic E-state index is 5.24. The minimum Gasteiger partial charge on any atom is -0.375 e. The van der Waals surface area contributed by atoms with Crippen molar-refractivity contribution in [2.24, 2.45) is 4.99 Å². The molecule has 1 atom stereocenters. The van der Waals surface area contributed by atoms with Crippen LogP contribution in [0.1, 0.15) is 37.1 Å². The van der Waals surface area contributed by atoms with E-state index in [-0.39, 0.29) is 0 Å². The molecule has 0 saturated carbocycles. The number of hydrogen-bond donors (Lipinski definition) is 1. The number of anilines is 1. The third-order valence-electron chi connectivity index (χ3n) is 6.62. The molecule has 7 heteroatoms. The monoisotopic (exact) mass is 423 g/mol. The lowest BCUT2D eigenvalue weighted by atomic mass is 10.1. The molecule has 1 N–H and O–H groups in total. The highest BCUT2D eigenvalue weighted by Gasteiger charge is 2.31. The number of aromatic nitrogens is 1. The molecule has 0 aromatic carbocycles. The van der Waals surface area contributed by atoms with Gasteiger partial charge in [-0.15, -0.1) is 0 Å². The molecule has 4 rings (SSSR count). The number of nitrogens with zero attached hydrogens (tertiary/aromatic N) is 6. The zero-order valence-corrected chi connectivity index (χ0v) is 19.8. The van der Waals surface area contributed by atoms with Crippen LogP contribution >= 0.6 is 0 Å². The highest BCUT2D eigenvalue weighted by Crippen LogP contribution is 2.32. The number of hydrogen-bond acceptors (Lipinski definition) is 7. The fourth-order valence-corrected chi connectivity index (χ4v) is 4.90. The van der Waals surface area contributed by atoms with Gasteiger partial charge in [-0.1, -0.05) is 6.58 Å². The van der Waals surface area contributed by atoms with Crippen molar-refractivity contribution in [3.8, 4) is 0 Å². The van der Waals surface area contributed by atoms with Crippen molar-refractivity contribution in [3.63, 3.8) is 0 Å². The van der Waals surface area contributed by atoms with E-state index in [2.05, 4.69) is 69.8 Å². The van der Waals surface area contributed by atoms with E-state index >= 15 is 0 Å². The van der Waals surface area contributed by atoms with Gasteiger partial charge in [0.1, 0.15) is 11.7 Å². The van der Waals surface area contributed by atoms with Crippen LogP contribution in [0.3, 0.4) is 0 Å². The Labute approximate surface area is 187 Å². The molecule has 1 aromatic rings. The fourth-order valence-electron chi connectivity index (χ4n) is 4.90. The van der Waals surface area contributed by atoms with Gasteiger partial charge in [-0.05, 0) is 59.3 Å². The van der Waals surface area contributed by atoms with E-state index in [4.69, 9.17) is 4.99 Å². The summed E-state index contributed by atoms with van der Waals surface area (Å²) in [6.07, 6.45) is 4.33. The second kappa shape index (κ2) is 8.91. The average Bonchev–Trinajstić information content (AvgIpc) is 3.14. The van der Waals surface area contributed by atoms with Gasteiger partial charge in [0, 0.05) is 62.8 Å². The van der Waals surface area contributed by atoms with E-state index in [9.17, 15) is 0 Å². The van der Waals surface area contributed by atoms with E-state index in [1.807, 2.05) is 13.8 Å². The number of likely N-dealkylation sites (N-methyl/N-ethyl adjacent to an activating group) is 1. The number of aliphatic imine (C=N–C) groups is 1. The SMILES string of the molecule is C=C(Nc1cc(C)nc(C)c1)N1CCCN(C)C2=C1N=C(N1CC[C@H](N(C)C)C1)CC2. The summed E-state index contributed by atoms with van der Waals surface area (Å²) in [5.41, 5.74) is 4.37. The average molecular weight is 424 g/mol. The summed E-state index contributed by atoms with van der Waals surface area (Å²) in [5.74, 6) is 3.17. The topological polar surface area (TPSA) is 50.2 Å². The van der Waals surface area contributed by atoms with E-state index in [0.717, 1.165) is 74.2 Å². The van der Waals surface area contributed by atoms with Gasteiger partial charge in [-0.2, -0.15) is 0 Å². The largest absolute Gasteiger partial charge is 0.375 e. The lowest BCUT2D eigenvalue weighted by molar-refractivity contribution is 0.299. The van der Waals surface area contributed by atoms with E-state index < -0.39 is 0 Å². The summed E-state index contributed by atoms with van der Waals surface area (Å²) in [6, 6.07) is 4.75. The molecule has 1 fully saturated rings. The first kappa shape index (κ1) is 21.7. The zero-order chi connectivity index (χ0) is 22.1. The van der Waals surface area contributed by atoms with Gasteiger partial charge in [-0.25, -0.2) is 4.99 Å². The summed E-state index contributed by atoms with van der Waals surface area (Å²) in [6.45, 7) is 12.6. The van der Waals surface area contributed by atoms with E-state index in [1.165, 1.54) is 18.0 Å². The molecule has 3 aliphatic heterocycles. The van der Waals surface area contributed by atoms with Crippen molar-refractivity contribution in [2.75, 3.05) is 52.6 Å². The molecule has 0 radical (unpaired) electrons. The third kappa shape index (κ3) is 4.71. The van der Waals surface area contributed by atoms with Crippen LogP contribution in [0.25, 0.3) is 0 Å². The van der Waals surface area contributed by atoms with E-state index in [0.29, 0.717) is 6.04 Å². The van der Waals surface area contributed by atoms with Gasteiger partial charge < -0.3 is 24.9 Å². The molecule has 0 bridgehead atoms. The van der Waals surface area contributed by atoms with Crippen LogP contribution in [0, 0.1) is 13.8 Å². The molecule has 7 nitrogen and oxygen atoms in total. The molecule has 0 aliphatic carbocycles. The second-order valence-electron chi connectivity index (χ2n) is 9.29. The third-order valence-corrected chi connectivity index (χ3v) is 6.62. The van der Waals surface area contributed by atoms with Crippen molar-refractivity contribution < 1.29 is 0 Å². The lowest BCUT2D eigenvalue weighted by Crippen LogP contribution is -2.37. The Kier molecular flexibility index (Phi) is 6.23. The Morgan fingerprint density at radius 3 is 2.55 bits per heavy atom. The maximum atomic E-state index is 5.24. The van der Waals surface area contributed by atoms with Crippen molar-refractivity contribution in [1.82, 2.24) is 24.6 Å². The number of amidine groups is 1. The Morgan fingerprint density at radius 2 is 1.87 bits per heavy atom. The molecular formula is C24H37N7. The number of pyridine rings is 1. The maximum Gasteiger partial charge on any atom is 0.155 e. The molecule has 31 heavy (non-hydrogen) atoms. The predicted octanol–water partition coefficient (Wildman–Crippen LogP) is 3.22. The smallest absolute Gasteiger partial charge is 0.155 e. The van der Waals surface area contributed by atoms with Crippen molar-refractivity contribution in [1.29, 1.82) is 0 Å². The van der Waals surface area contributed by atoms with E-state index in [1.54, 1.807) is 0 Å². The lowest BCUT2D eigenvalue weighted by Gasteiger charge is -2.33. The standard InChI is InChI=1S/C24H37N7/c1-17-14-20(15-18(2)25-17)26-19(3)31-12-7-11-29(6)22-8-9-23(27-24(22)31)30-13-10-21(16-30)28(4)5/h14-15,21H,3,7-13,16H2,1-2,4-6H3,(H,25,26)/t21-/m0/s1. The van der Waals surface area contributed by atoms with Gasteiger partial charge in [0.05, 0.1) is 5.70 Å². The van der Waals surface area contributed by atoms with Crippen LogP contribution < -0.4 is 5.32 Å². The van der Waals surface area contributed by atoms with Crippen molar-refractivity contribution >= 4 is 11.5 Å². The zero-order valence-electron chi connectivity index (χ0n) is 19.8. The molecule has 4 heterocycles. The number of likely N-dealkylation sites (tertiary alicyclic amines) is 1. The summed E-state index contributed by atoms with van der Waals surface area (Å²) in [5, 5.41) is 3.52. The molecule has 1 saturated heterocycles. The van der Waals surface area contributed by atoms with Gasteiger partial charge >= 0.3 is 0 Å².